The minimum Gasteiger partial charge on any atom is -0.462 e. The highest BCUT2D eigenvalue weighted by atomic mass is 16.5. The highest BCUT2D eigenvalue weighted by molar-refractivity contribution is 5.69. The van der Waals surface area contributed by atoms with Gasteiger partial charge in [-0.25, -0.2) is 0 Å². The van der Waals surface area contributed by atoms with Gasteiger partial charge in [-0.05, 0) is 84.0 Å². The molecule has 0 radical (unpaired) electrons. The molecule has 0 spiro atoms. The molecule has 0 amide bonds. The van der Waals surface area contributed by atoms with E-state index in [9.17, 15) is 4.79 Å². The number of esters is 1. The number of nitrogens with zero attached hydrogens (tertiary/aromatic N) is 2. The first-order valence-corrected chi connectivity index (χ1v) is 16.4. The van der Waals surface area contributed by atoms with Crippen LogP contribution in [-0.2, 0) is 9.53 Å². The van der Waals surface area contributed by atoms with Gasteiger partial charge in [0.1, 0.15) is 6.10 Å². The zero-order chi connectivity index (χ0) is 27.2. The van der Waals surface area contributed by atoms with E-state index in [1.165, 1.54) is 122 Å². The van der Waals surface area contributed by atoms with E-state index in [1.807, 2.05) is 0 Å². The largest absolute Gasteiger partial charge is 0.462 e. The van der Waals surface area contributed by atoms with E-state index in [-0.39, 0.29) is 12.1 Å². The van der Waals surface area contributed by atoms with Gasteiger partial charge in [0.25, 0.3) is 0 Å². The quantitative estimate of drug-likeness (QED) is 0.125. The Morgan fingerprint density at radius 3 is 2.03 bits per heavy atom. The standard InChI is InChI=1S/C33H66N2O2/c1-6-8-9-15-20-27-35(30-29-34(4)5)28-21-16-11-13-18-23-32(36)37-31-22-17-12-10-14-19-25-33(3,7-2)26-24-31/h31H,6-30H2,1-5H3. The first kappa shape index (κ1) is 34.4. The first-order chi connectivity index (χ1) is 17.9. The van der Waals surface area contributed by atoms with Crippen molar-refractivity contribution in [1.29, 1.82) is 0 Å². The Kier molecular flexibility index (Phi) is 20.7. The highest BCUT2D eigenvalue weighted by Crippen LogP contribution is 2.35. The summed E-state index contributed by atoms with van der Waals surface area (Å²) >= 11 is 0. The molecule has 2 atom stereocenters. The van der Waals surface area contributed by atoms with E-state index in [0.29, 0.717) is 11.8 Å². The summed E-state index contributed by atoms with van der Waals surface area (Å²) < 4.78 is 6.02. The highest BCUT2D eigenvalue weighted by Gasteiger charge is 2.25. The van der Waals surface area contributed by atoms with E-state index in [4.69, 9.17) is 4.74 Å². The van der Waals surface area contributed by atoms with Gasteiger partial charge in [-0.1, -0.05) is 97.8 Å². The molecule has 1 fully saturated rings. The van der Waals surface area contributed by atoms with Gasteiger partial charge in [-0.2, -0.15) is 0 Å². The van der Waals surface area contributed by atoms with Gasteiger partial charge in [0, 0.05) is 19.5 Å². The van der Waals surface area contributed by atoms with Gasteiger partial charge in [0.15, 0.2) is 0 Å². The number of carbonyl (C=O) groups excluding carboxylic acids is 1. The number of likely N-dealkylation sites (N-methyl/N-ethyl adjacent to an activating group) is 1. The van der Waals surface area contributed by atoms with Crippen molar-refractivity contribution < 1.29 is 9.53 Å². The predicted molar refractivity (Wildman–Crippen MR) is 161 cm³/mol. The van der Waals surface area contributed by atoms with Crippen LogP contribution in [0.3, 0.4) is 0 Å². The van der Waals surface area contributed by atoms with Crippen molar-refractivity contribution in [2.24, 2.45) is 5.41 Å². The average molecular weight is 523 g/mol. The maximum Gasteiger partial charge on any atom is 0.306 e. The number of hydrogen-bond acceptors (Lipinski definition) is 4. The van der Waals surface area contributed by atoms with Crippen molar-refractivity contribution in [3.63, 3.8) is 0 Å². The Bertz CT molecular complexity index is 538. The molecule has 1 aliphatic carbocycles. The molecule has 1 rings (SSSR count). The van der Waals surface area contributed by atoms with Crippen LogP contribution in [0.5, 0.6) is 0 Å². The second-order valence-electron chi connectivity index (χ2n) is 12.7. The third-order valence-corrected chi connectivity index (χ3v) is 8.82. The lowest BCUT2D eigenvalue weighted by Gasteiger charge is -2.30. The monoisotopic (exact) mass is 523 g/mol. The van der Waals surface area contributed by atoms with E-state index in [1.54, 1.807) is 0 Å². The second kappa shape index (κ2) is 22.2. The smallest absolute Gasteiger partial charge is 0.306 e. The minimum atomic E-state index is 0.0519. The lowest BCUT2D eigenvalue weighted by atomic mass is 9.77. The first-order valence-electron chi connectivity index (χ1n) is 16.4. The van der Waals surface area contributed by atoms with Crippen LogP contribution in [0.2, 0.25) is 0 Å². The molecule has 0 aromatic carbocycles. The molecule has 4 nitrogen and oxygen atoms in total. The van der Waals surface area contributed by atoms with Gasteiger partial charge in [-0.15, -0.1) is 0 Å². The van der Waals surface area contributed by atoms with Gasteiger partial charge in [0.2, 0.25) is 0 Å². The maximum atomic E-state index is 12.6. The molecule has 0 heterocycles. The third-order valence-electron chi connectivity index (χ3n) is 8.82. The number of carbonyl (C=O) groups is 1. The van der Waals surface area contributed by atoms with Gasteiger partial charge in [0.05, 0.1) is 0 Å². The zero-order valence-electron chi connectivity index (χ0n) is 26.0. The Morgan fingerprint density at radius 1 is 0.730 bits per heavy atom. The van der Waals surface area contributed by atoms with E-state index < -0.39 is 0 Å². The molecular weight excluding hydrogens is 456 g/mol. The Labute approximate surface area is 232 Å². The molecule has 1 aliphatic rings. The number of hydrogen-bond donors (Lipinski definition) is 0. The number of ether oxygens (including phenoxy) is 1. The molecule has 0 bridgehead atoms. The fourth-order valence-corrected chi connectivity index (χ4v) is 5.70. The second-order valence-corrected chi connectivity index (χ2v) is 12.7. The molecule has 4 heteroatoms. The van der Waals surface area contributed by atoms with Crippen molar-refractivity contribution in [2.45, 2.75) is 162 Å². The van der Waals surface area contributed by atoms with Gasteiger partial charge < -0.3 is 14.5 Å². The lowest BCUT2D eigenvalue weighted by molar-refractivity contribution is -0.150. The molecule has 0 N–H and O–H groups in total. The molecule has 0 saturated heterocycles. The van der Waals surface area contributed by atoms with Crippen LogP contribution in [0, 0.1) is 5.41 Å². The number of rotatable bonds is 19. The van der Waals surface area contributed by atoms with Crippen LogP contribution in [0.1, 0.15) is 156 Å². The Balaban J connectivity index is 2.23. The Morgan fingerprint density at radius 2 is 1.35 bits per heavy atom. The minimum absolute atomic E-state index is 0.0519. The number of unbranched alkanes of at least 4 members (excludes halogenated alkanes) is 8. The molecule has 0 aromatic heterocycles. The van der Waals surface area contributed by atoms with Crippen LogP contribution >= 0.6 is 0 Å². The van der Waals surface area contributed by atoms with E-state index >= 15 is 0 Å². The van der Waals surface area contributed by atoms with E-state index in [0.717, 1.165) is 32.2 Å². The van der Waals surface area contributed by atoms with Crippen molar-refractivity contribution in [3.8, 4) is 0 Å². The average Bonchev–Trinajstić information content (AvgIpc) is 2.91. The van der Waals surface area contributed by atoms with Crippen LogP contribution in [0.25, 0.3) is 0 Å². The summed E-state index contributed by atoms with van der Waals surface area (Å²) in [6.45, 7) is 11.9. The van der Waals surface area contributed by atoms with Crippen molar-refractivity contribution in [3.05, 3.63) is 0 Å². The summed E-state index contributed by atoms with van der Waals surface area (Å²) in [5.41, 5.74) is 0.423. The molecular formula is C33H66N2O2. The molecule has 0 aromatic rings. The fraction of sp³-hybridized carbons (Fsp3) is 0.970. The Hall–Kier alpha value is -0.610. The van der Waals surface area contributed by atoms with Crippen molar-refractivity contribution in [1.82, 2.24) is 9.80 Å². The molecule has 0 aliphatic heterocycles. The lowest BCUT2D eigenvalue weighted by Crippen LogP contribution is -2.33. The SMILES string of the molecule is CCCCCCCN(CCCCCCCC(=O)OC1CCCCCCCC(C)(CC)CC1)CCN(C)C. The maximum absolute atomic E-state index is 12.6. The van der Waals surface area contributed by atoms with Crippen molar-refractivity contribution >= 4 is 5.97 Å². The van der Waals surface area contributed by atoms with Gasteiger partial charge in [-0.3, -0.25) is 4.79 Å². The van der Waals surface area contributed by atoms with Crippen LogP contribution in [0.15, 0.2) is 0 Å². The van der Waals surface area contributed by atoms with Crippen LogP contribution in [0.4, 0.5) is 0 Å². The molecule has 220 valence electrons. The summed E-state index contributed by atoms with van der Waals surface area (Å²) in [6.07, 6.45) is 26.0. The predicted octanol–water partition coefficient (Wildman–Crippen LogP) is 9.01. The molecule has 2 unspecified atom stereocenters. The zero-order valence-corrected chi connectivity index (χ0v) is 26.0. The summed E-state index contributed by atoms with van der Waals surface area (Å²) in [6, 6.07) is 0. The van der Waals surface area contributed by atoms with E-state index in [2.05, 4.69) is 44.7 Å². The summed E-state index contributed by atoms with van der Waals surface area (Å²) in [5.74, 6) is 0.0519. The topological polar surface area (TPSA) is 32.8 Å². The summed E-state index contributed by atoms with van der Waals surface area (Å²) in [4.78, 5) is 17.6. The van der Waals surface area contributed by atoms with Crippen molar-refractivity contribution in [2.75, 3.05) is 40.3 Å². The summed E-state index contributed by atoms with van der Waals surface area (Å²) in [5, 5.41) is 0. The van der Waals surface area contributed by atoms with Crippen LogP contribution in [-0.4, -0.2) is 62.1 Å². The third kappa shape index (κ3) is 19.2. The van der Waals surface area contributed by atoms with Gasteiger partial charge >= 0.3 is 5.97 Å². The molecule has 1 saturated carbocycles. The van der Waals surface area contributed by atoms with Crippen LogP contribution < -0.4 is 0 Å². The molecule has 37 heavy (non-hydrogen) atoms. The fourth-order valence-electron chi connectivity index (χ4n) is 5.70. The summed E-state index contributed by atoms with van der Waals surface area (Å²) in [7, 11) is 4.35. The normalized spacial score (nSPS) is 21.8.